The summed E-state index contributed by atoms with van der Waals surface area (Å²) in [6.07, 6.45) is 5.90. The van der Waals surface area contributed by atoms with Crippen LogP contribution in [0.25, 0.3) is 0 Å². The van der Waals surface area contributed by atoms with E-state index in [0.29, 0.717) is 6.42 Å². The molecule has 2 atom stereocenters. The maximum atomic E-state index is 12.5. The van der Waals surface area contributed by atoms with Crippen LogP contribution in [0.1, 0.15) is 56.0 Å². The first-order chi connectivity index (χ1) is 9.74. The van der Waals surface area contributed by atoms with Crippen LogP contribution in [0.5, 0.6) is 0 Å². The summed E-state index contributed by atoms with van der Waals surface area (Å²) in [4.78, 5) is 14.4. The number of amides is 1. The van der Waals surface area contributed by atoms with Crippen molar-refractivity contribution >= 4 is 5.91 Å². The highest BCUT2D eigenvalue weighted by atomic mass is 16.5. The zero-order valence-electron chi connectivity index (χ0n) is 12.0. The van der Waals surface area contributed by atoms with Crippen LogP contribution in [0.4, 0.5) is 0 Å². The van der Waals surface area contributed by atoms with Gasteiger partial charge in [0.05, 0.1) is 24.3 Å². The molecule has 3 rings (SSSR count). The Bertz CT molecular complexity index is 465. The summed E-state index contributed by atoms with van der Waals surface area (Å²) < 4.78 is 11.0. The van der Waals surface area contributed by atoms with Crippen molar-refractivity contribution in [2.45, 2.75) is 57.6 Å². The fourth-order valence-corrected chi connectivity index (χ4v) is 3.18. The van der Waals surface area contributed by atoms with Crippen LogP contribution in [0.15, 0.2) is 10.6 Å². The molecular weight excluding hydrogens is 256 g/mol. The van der Waals surface area contributed by atoms with Crippen LogP contribution in [0.3, 0.4) is 0 Å². The molecule has 5 nitrogen and oxygen atoms in total. The fraction of sp³-hybridized carbons (Fsp3) is 0.733. The predicted molar refractivity (Wildman–Crippen MR) is 73.1 cm³/mol. The molecule has 0 aliphatic carbocycles. The molecule has 0 radical (unpaired) electrons. The van der Waals surface area contributed by atoms with E-state index in [9.17, 15) is 4.79 Å². The second kappa shape index (κ2) is 5.95. The Hall–Kier alpha value is -1.36. The Morgan fingerprint density at radius 3 is 3.00 bits per heavy atom. The number of aromatic nitrogens is 1. The largest absolute Gasteiger partial charge is 0.378 e. The SMILES string of the molecule is Cc1cc(C2CCCN2C(=O)CC2CCCCO2)on1. The topological polar surface area (TPSA) is 55.6 Å². The molecule has 0 spiro atoms. The summed E-state index contributed by atoms with van der Waals surface area (Å²) >= 11 is 0. The fourth-order valence-electron chi connectivity index (χ4n) is 3.18. The molecule has 2 aliphatic rings. The highest BCUT2D eigenvalue weighted by Gasteiger charge is 2.33. The van der Waals surface area contributed by atoms with Crippen LogP contribution in [0, 0.1) is 6.92 Å². The minimum absolute atomic E-state index is 0.0623. The summed E-state index contributed by atoms with van der Waals surface area (Å²) in [5.41, 5.74) is 0.870. The van der Waals surface area contributed by atoms with Gasteiger partial charge in [0.25, 0.3) is 0 Å². The van der Waals surface area contributed by atoms with Crippen LogP contribution >= 0.6 is 0 Å². The van der Waals surface area contributed by atoms with Crippen molar-refractivity contribution in [2.24, 2.45) is 0 Å². The number of aryl methyl sites for hydroxylation is 1. The van der Waals surface area contributed by atoms with E-state index in [1.807, 2.05) is 17.9 Å². The molecule has 1 aromatic rings. The molecule has 1 aromatic heterocycles. The maximum absolute atomic E-state index is 12.5. The molecule has 0 bridgehead atoms. The van der Waals surface area contributed by atoms with E-state index in [0.717, 1.165) is 50.3 Å². The average Bonchev–Trinajstić information content (AvgIpc) is 3.08. The van der Waals surface area contributed by atoms with Crippen molar-refractivity contribution in [3.63, 3.8) is 0 Å². The van der Waals surface area contributed by atoms with Gasteiger partial charge in [-0.2, -0.15) is 0 Å². The minimum atomic E-state index is 0.0623. The molecule has 2 fully saturated rings. The van der Waals surface area contributed by atoms with Gasteiger partial charge in [-0.25, -0.2) is 0 Å². The van der Waals surface area contributed by atoms with Gasteiger partial charge in [0.15, 0.2) is 5.76 Å². The Morgan fingerprint density at radius 2 is 2.30 bits per heavy atom. The van der Waals surface area contributed by atoms with E-state index in [1.165, 1.54) is 6.42 Å². The highest BCUT2D eigenvalue weighted by molar-refractivity contribution is 5.77. The van der Waals surface area contributed by atoms with Crippen LogP contribution in [-0.2, 0) is 9.53 Å². The molecule has 0 saturated carbocycles. The lowest BCUT2D eigenvalue weighted by atomic mass is 10.1. The van der Waals surface area contributed by atoms with Crippen molar-refractivity contribution < 1.29 is 14.1 Å². The Balaban J connectivity index is 1.63. The molecule has 2 saturated heterocycles. The van der Waals surface area contributed by atoms with Crippen LogP contribution < -0.4 is 0 Å². The number of hydrogen-bond donors (Lipinski definition) is 0. The van der Waals surface area contributed by atoms with Crippen LogP contribution in [0.2, 0.25) is 0 Å². The monoisotopic (exact) mass is 278 g/mol. The second-order valence-electron chi connectivity index (χ2n) is 5.81. The normalized spacial score (nSPS) is 26.9. The summed E-state index contributed by atoms with van der Waals surface area (Å²) in [6, 6.07) is 2.00. The van der Waals surface area contributed by atoms with Gasteiger partial charge >= 0.3 is 0 Å². The van der Waals surface area contributed by atoms with Gasteiger partial charge in [0, 0.05) is 19.2 Å². The summed E-state index contributed by atoms with van der Waals surface area (Å²) in [6.45, 7) is 3.52. The third-order valence-electron chi connectivity index (χ3n) is 4.22. The number of carbonyl (C=O) groups is 1. The zero-order chi connectivity index (χ0) is 13.9. The minimum Gasteiger partial charge on any atom is -0.378 e. The predicted octanol–water partition coefficient (Wildman–Crippen LogP) is 2.61. The Morgan fingerprint density at radius 1 is 1.40 bits per heavy atom. The van der Waals surface area contributed by atoms with Gasteiger partial charge in [0.1, 0.15) is 0 Å². The third kappa shape index (κ3) is 2.87. The van der Waals surface area contributed by atoms with E-state index in [1.54, 1.807) is 0 Å². The van der Waals surface area contributed by atoms with Gasteiger partial charge in [-0.3, -0.25) is 4.79 Å². The van der Waals surface area contributed by atoms with Gasteiger partial charge in [-0.1, -0.05) is 5.16 Å². The van der Waals surface area contributed by atoms with E-state index in [-0.39, 0.29) is 18.1 Å². The first-order valence-electron chi connectivity index (χ1n) is 7.58. The number of likely N-dealkylation sites (tertiary alicyclic amines) is 1. The molecule has 0 aromatic carbocycles. The van der Waals surface area contributed by atoms with Crippen molar-refractivity contribution in [2.75, 3.05) is 13.2 Å². The second-order valence-corrected chi connectivity index (χ2v) is 5.81. The number of rotatable bonds is 3. The lowest BCUT2D eigenvalue weighted by Crippen LogP contribution is -2.34. The molecule has 2 unspecified atom stereocenters. The highest BCUT2D eigenvalue weighted by Crippen LogP contribution is 2.33. The molecule has 3 heterocycles. The quantitative estimate of drug-likeness (QED) is 0.852. The lowest BCUT2D eigenvalue weighted by Gasteiger charge is -2.27. The Labute approximate surface area is 119 Å². The van der Waals surface area contributed by atoms with Crippen LogP contribution in [-0.4, -0.2) is 35.2 Å². The van der Waals surface area contributed by atoms with E-state index in [4.69, 9.17) is 9.26 Å². The molecule has 5 heteroatoms. The van der Waals surface area contributed by atoms with Gasteiger partial charge in [0.2, 0.25) is 5.91 Å². The first-order valence-corrected chi connectivity index (χ1v) is 7.58. The zero-order valence-corrected chi connectivity index (χ0v) is 12.0. The molecule has 2 aliphatic heterocycles. The molecular formula is C15H22N2O3. The number of nitrogens with zero attached hydrogens (tertiary/aromatic N) is 2. The Kier molecular flexibility index (Phi) is 4.05. The summed E-state index contributed by atoms with van der Waals surface area (Å²) in [7, 11) is 0. The molecule has 20 heavy (non-hydrogen) atoms. The number of carbonyl (C=O) groups excluding carboxylic acids is 1. The van der Waals surface area contributed by atoms with Gasteiger partial charge in [-0.05, 0) is 39.0 Å². The molecule has 110 valence electrons. The summed E-state index contributed by atoms with van der Waals surface area (Å²) in [5, 5.41) is 3.93. The molecule has 1 amide bonds. The van der Waals surface area contributed by atoms with E-state index < -0.39 is 0 Å². The van der Waals surface area contributed by atoms with E-state index in [2.05, 4.69) is 5.16 Å². The van der Waals surface area contributed by atoms with Gasteiger partial charge < -0.3 is 14.2 Å². The first kappa shape index (κ1) is 13.6. The smallest absolute Gasteiger partial charge is 0.225 e. The van der Waals surface area contributed by atoms with Crippen molar-refractivity contribution in [3.8, 4) is 0 Å². The van der Waals surface area contributed by atoms with E-state index >= 15 is 0 Å². The van der Waals surface area contributed by atoms with Crippen molar-refractivity contribution in [3.05, 3.63) is 17.5 Å². The molecule has 0 N–H and O–H groups in total. The number of ether oxygens (including phenoxy) is 1. The standard InChI is InChI=1S/C15H22N2O3/c1-11-9-14(20-16-11)13-6-4-7-17(13)15(18)10-12-5-2-3-8-19-12/h9,12-13H,2-8,10H2,1H3. The third-order valence-corrected chi connectivity index (χ3v) is 4.22. The lowest BCUT2D eigenvalue weighted by molar-refractivity contribution is -0.136. The van der Waals surface area contributed by atoms with Crippen molar-refractivity contribution in [1.29, 1.82) is 0 Å². The number of hydrogen-bond acceptors (Lipinski definition) is 4. The van der Waals surface area contributed by atoms with Gasteiger partial charge in [-0.15, -0.1) is 0 Å². The maximum Gasteiger partial charge on any atom is 0.225 e. The summed E-state index contributed by atoms with van der Waals surface area (Å²) in [5.74, 6) is 1.01. The average molecular weight is 278 g/mol. The van der Waals surface area contributed by atoms with Crippen molar-refractivity contribution in [1.82, 2.24) is 10.1 Å².